The molecule has 0 radical (unpaired) electrons. The lowest BCUT2D eigenvalue weighted by Crippen LogP contribution is -2.35. The predicted octanol–water partition coefficient (Wildman–Crippen LogP) is 3.29. The van der Waals surface area contributed by atoms with Crippen LogP contribution in [0.15, 0.2) is 22.9 Å². The second-order valence-electron chi connectivity index (χ2n) is 6.47. The molecule has 0 atom stereocenters. The van der Waals surface area contributed by atoms with E-state index in [1.807, 2.05) is 32.9 Å². The average Bonchev–Trinajstić information content (AvgIpc) is 2.86. The van der Waals surface area contributed by atoms with Gasteiger partial charge in [-0.2, -0.15) is 0 Å². The first kappa shape index (κ1) is 16.0. The summed E-state index contributed by atoms with van der Waals surface area (Å²) in [6, 6.07) is 3.92. The van der Waals surface area contributed by atoms with E-state index in [0.717, 1.165) is 49.1 Å². The molecule has 0 aromatic carbocycles. The van der Waals surface area contributed by atoms with Gasteiger partial charge in [0.05, 0.1) is 12.3 Å². The summed E-state index contributed by atoms with van der Waals surface area (Å²) < 4.78 is 11.2. The molecule has 1 aliphatic heterocycles. The van der Waals surface area contributed by atoms with Crippen molar-refractivity contribution in [2.45, 2.75) is 40.2 Å². The summed E-state index contributed by atoms with van der Waals surface area (Å²) in [4.78, 5) is 6.68. The highest BCUT2D eigenvalue weighted by Gasteiger charge is 2.22. The Bertz CT molecular complexity index is 626. The van der Waals surface area contributed by atoms with Crippen LogP contribution in [0.1, 0.15) is 35.6 Å². The van der Waals surface area contributed by atoms with E-state index in [1.54, 1.807) is 6.20 Å². The zero-order valence-electron chi connectivity index (χ0n) is 14.2. The van der Waals surface area contributed by atoms with Crippen molar-refractivity contribution in [2.75, 3.05) is 19.7 Å². The molecular weight excluding hydrogens is 290 g/mol. The minimum atomic E-state index is 0.629. The normalized spacial score (nSPS) is 16.7. The van der Waals surface area contributed by atoms with E-state index in [-0.39, 0.29) is 0 Å². The third-order valence-corrected chi connectivity index (χ3v) is 4.62. The standard InChI is InChI=1S/C18H25N3O2/c1-13-10-17(4-7-19-13)22-12-16-5-8-21(9-6-16)11-18-14(2)20-23-15(18)3/h4,7,10,16H,5-6,8-9,11-12H2,1-3H3. The highest BCUT2D eigenvalue weighted by Crippen LogP contribution is 2.22. The Hall–Kier alpha value is -1.88. The van der Waals surface area contributed by atoms with Crippen LogP contribution >= 0.6 is 0 Å². The van der Waals surface area contributed by atoms with Gasteiger partial charge in [-0.15, -0.1) is 0 Å². The van der Waals surface area contributed by atoms with Crippen molar-refractivity contribution in [2.24, 2.45) is 5.92 Å². The second kappa shape index (κ2) is 7.13. The van der Waals surface area contributed by atoms with Gasteiger partial charge in [-0.25, -0.2) is 0 Å². The Balaban J connectivity index is 1.45. The molecule has 23 heavy (non-hydrogen) atoms. The Labute approximate surface area is 137 Å². The van der Waals surface area contributed by atoms with Crippen molar-refractivity contribution >= 4 is 0 Å². The maximum Gasteiger partial charge on any atom is 0.138 e. The lowest BCUT2D eigenvalue weighted by atomic mass is 9.97. The third-order valence-electron chi connectivity index (χ3n) is 4.62. The fourth-order valence-corrected chi connectivity index (χ4v) is 3.09. The van der Waals surface area contributed by atoms with Crippen molar-refractivity contribution in [3.8, 4) is 5.75 Å². The second-order valence-corrected chi connectivity index (χ2v) is 6.47. The summed E-state index contributed by atoms with van der Waals surface area (Å²) in [5.41, 5.74) is 3.25. The van der Waals surface area contributed by atoms with Gasteiger partial charge in [-0.3, -0.25) is 9.88 Å². The third kappa shape index (κ3) is 4.10. The first-order chi connectivity index (χ1) is 11.1. The highest BCUT2D eigenvalue weighted by atomic mass is 16.5. The van der Waals surface area contributed by atoms with E-state index in [2.05, 4.69) is 15.0 Å². The molecule has 3 rings (SSSR count). The van der Waals surface area contributed by atoms with Gasteiger partial charge in [-0.1, -0.05) is 5.16 Å². The number of aryl methyl sites for hydroxylation is 3. The number of ether oxygens (including phenoxy) is 1. The van der Waals surface area contributed by atoms with Crippen LogP contribution in [-0.4, -0.2) is 34.7 Å². The molecule has 0 aliphatic carbocycles. The summed E-state index contributed by atoms with van der Waals surface area (Å²) >= 11 is 0. The van der Waals surface area contributed by atoms with Gasteiger partial charge in [0.2, 0.25) is 0 Å². The molecule has 1 saturated heterocycles. The Morgan fingerprint density at radius 2 is 2.04 bits per heavy atom. The Morgan fingerprint density at radius 1 is 1.26 bits per heavy atom. The lowest BCUT2D eigenvalue weighted by molar-refractivity contribution is 0.136. The van der Waals surface area contributed by atoms with Crippen LogP contribution in [0.5, 0.6) is 5.75 Å². The molecule has 0 N–H and O–H groups in total. The number of hydrogen-bond acceptors (Lipinski definition) is 5. The number of nitrogens with zero attached hydrogens (tertiary/aromatic N) is 3. The summed E-state index contributed by atoms with van der Waals surface area (Å²) in [5.74, 6) is 2.50. The van der Waals surface area contributed by atoms with Crippen molar-refractivity contribution in [3.63, 3.8) is 0 Å². The predicted molar refractivity (Wildman–Crippen MR) is 88.4 cm³/mol. The molecule has 0 saturated carbocycles. The van der Waals surface area contributed by atoms with E-state index in [4.69, 9.17) is 9.26 Å². The topological polar surface area (TPSA) is 51.4 Å². The van der Waals surface area contributed by atoms with E-state index in [1.165, 1.54) is 18.4 Å². The van der Waals surface area contributed by atoms with Gasteiger partial charge in [0.25, 0.3) is 0 Å². The minimum Gasteiger partial charge on any atom is -0.493 e. The number of hydrogen-bond donors (Lipinski definition) is 0. The molecule has 2 aromatic heterocycles. The molecule has 5 heteroatoms. The molecule has 0 amide bonds. The molecule has 2 aromatic rings. The number of pyridine rings is 1. The molecule has 0 bridgehead atoms. The molecule has 0 spiro atoms. The van der Waals surface area contributed by atoms with Gasteiger partial charge < -0.3 is 9.26 Å². The van der Waals surface area contributed by atoms with E-state index < -0.39 is 0 Å². The van der Waals surface area contributed by atoms with Crippen molar-refractivity contribution in [1.29, 1.82) is 0 Å². The maximum atomic E-state index is 5.92. The summed E-state index contributed by atoms with van der Waals surface area (Å²) in [6.07, 6.45) is 4.15. The molecule has 1 aliphatic rings. The SMILES string of the molecule is Cc1cc(OCC2CCN(Cc3c(C)noc3C)CC2)ccn1. The lowest BCUT2D eigenvalue weighted by Gasteiger charge is -2.31. The average molecular weight is 315 g/mol. The van der Waals surface area contributed by atoms with Gasteiger partial charge >= 0.3 is 0 Å². The zero-order chi connectivity index (χ0) is 16.2. The van der Waals surface area contributed by atoms with Crippen molar-refractivity contribution in [1.82, 2.24) is 15.0 Å². The Morgan fingerprint density at radius 3 is 2.70 bits per heavy atom. The largest absolute Gasteiger partial charge is 0.493 e. The number of rotatable bonds is 5. The molecule has 124 valence electrons. The fourth-order valence-electron chi connectivity index (χ4n) is 3.09. The van der Waals surface area contributed by atoms with E-state index >= 15 is 0 Å². The summed E-state index contributed by atoms with van der Waals surface area (Å²) in [5, 5.41) is 4.04. The van der Waals surface area contributed by atoms with Crippen LogP contribution < -0.4 is 4.74 Å². The summed E-state index contributed by atoms with van der Waals surface area (Å²) in [6.45, 7) is 9.94. The van der Waals surface area contributed by atoms with Crippen LogP contribution in [0.3, 0.4) is 0 Å². The fraction of sp³-hybridized carbons (Fsp3) is 0.556. The summed E-state index contributed by atoms with van der Waals surface area (Å²) in [7, 11) is 0. The highest BCUT2D eigenvalue weighted by molar-refractivity contribution is 5.22. The zero-order valence-corrected chi connectivity index (χ0v) is 14.2. The van der Waals surface area contributed by atoms with Gasteiger partial charge in [-0.05, 0) is 58.7 Å². The van der Waals surface area contributed by atoms with Crippen LogP contribution in [0.4, 0.5) is 0 Å². The van der Waals surface area contributed by atoms with Crippen LogP contribution in [0, 0.1) is 26.7 Å². The quantitative estimate of drug-likeness (QED) is 0.847. The molecule has 3 heterocycles. The molecular formula is C18H25N3O2. The first-order valence-corrected chi connectivity index (χ1v) is 8.31. The van der Waals surface area contributed by atoms with E-state index in [0.29, 0.717) is 5.92 Å². The van der Waals surface area contributed by atoms with Crippen molar-refractivity contribution < 1.29 is 9.26 Å². The Kier molecular flexibility index (Phi) is 4.96. The number of piperidine rings is 1. The number of aromatic nitrogens is 2. The maximum absolute atomic E-state index is 5.92. The van der Waals surface area contributed by atoms with Crippen molar-refractivity contribution in [3.05, 3.63) is 41.0 Å². The first-order valence-electron chi connectivity index (χ1n) is 8.31. The van der Waals surface area contributed by atoms with Crippen LogP contribution in [0.25, 0.3) is 0 Å². The minimum absolute atomic E-state index is 0.629. The van der Waals surface area contributed by atoms with Crippen LogP contribution in [-0.2, 0) is 6.54 Å². The van der Waals surface area contributed by atoms with E-state index in [9.17, 15) is 0 Å². The smallest absolute Gasteiger partial charge is 0.138 e. The van der Waals surface area contributed by atoms with Gasteiger partial charge in [0.15, 0.2) is 0 Å². The molecule has 5 nitrogen and oxygen atoms in total. The monoisotopic (exact) mass is 315 g/mol. The van der Waals surface area contributed by atoms with Crippen LogP contribution in [0.2, 0.25) is 0 Å². The number of likely N-dealkylation sites (tertiary alicyclic amines) is 1. The van der Waals surface area contributed by atoms with Gasteiger partial charge in [0.1, 0.15) is 11.5 Å². The van der Waals surface area contributed by atoms with Gasteiger partial charge in [0, 0.05) is 30.1 Å². The molecule has 1 fully saturated rings. The molecule has 0 unspecified atom stereocenters.